The molecule has 0 bridgehead atoms. The van der Waals surface area contributed by atoms with E-state index in [-0.39, 0.29) is 35.9 Å². The molecule has 1 fully saturated rings. The van der Waals surface area contributed by atoms with E-state index >= 15 is 0 Å². The lowest BCUT2D eigenvalue weighted by Crippen LogP contribution is -2.37. The van der Waals surface area contributed by atoms with Crippen LogP contribution in [0.5, 0.6) is 0 Å². The van der Waals surface area contributed by atoms with Crippen molar-refractivity contribution in [3.63, 3.8) is 0 Å². The fraction of sp³-hybridized carbons (Fsp3) is 0.800. The van der Waals surface area contributed by atoms with Crippen molar-refractivity contribution < 1.29 is 20.4 Å². The molecule has 0 aromatic rings. The molecular weight excluding hydrogens is 304 g/mol. The number of aliphatic hydroxyl groups is 4. The number of hydrogen-bond acceptors (Lipinski definition) is 4. The molecule has 0 amide bonds. The van der Waals surface area contributed by atoms with Crippen LogP contribution < -0.4 is 0 Å². The summed E-state index contributed by atoms with van der Waals surface area (Å²) in [6.07, 6.45) is 5.35. The Morgan fingerprint density at radius 3 is 2.50 bits per heavy atom. The summed E-state index contributed by atoms with van der Waals surface area (Å²) in [7, 11) is 0. The Morgan fingerprint density at radius 1 is 1.17 bits per heavy atom. The van der Waals surface area contributed by atoms with Crippen LogP contribution in [0.3, 0.4) is 0 Å². The normalized spacial score (nSPS) is 43.8. The number of hydrogen-bond donors (Lipinski definition) is 4. The zero-order chi connectivity index (χ0) is 17.7. The molecular formula is C20H32O4. The quantitative estimate of drug-likeness (QED) is 0.637. The molecule has 0 spiro atoms. The van der Waals surface area contributed by atoms with Crippen molar-refractivity contribution in [3.8, 4) is 0 Å². The van der Waals surface area contributed by atoms with Crippen LogP contribution in [0.15, 0.2) is 22.8 Å². The standard InChI is InChI=1S/C20H32O4/c1-12(10-21)16-18(24)17(23)15-9-14-13(11-22)5-4-6-19(14,2)7-8-20(15,16)3/h9,12,16-18,21-24H,4-8,10-11H2,1-3H3/t12?,16-,17-,18+,19-,20-/m0/s1. The molecule has 1 unspecified atom stereocenters. The van der Waals surface area contributed by atoms with E-state index < -0.39 is 12.2 Å². The summed E-state index contributed by atoms with van der Waals surface area (Å²) in [6, 6.07) is 0. The van der Waals surface area contributed by atoms with Gasteiger partial charge in [0.1, 0.15) is 6.10 Å². The van der Waals surface area contributed by atoms with E-state index in [2.05, 4.69) is 19.9 Å². The predicted molar refractivity (Wildman–Crippen MR) is 93.2 cm³/mol. The van der Waals surface area contributed by atoms with Gasteiger partial charge in [0.25, 0.3) is 0 Å². The van der Waals surface area contributed by atoms with E-state index in [1.807, 2.05) is 6.92 Å². The van der Waals surface area contributed by atoms with Gasteiger partial charge in [0.15, 0.2) is 0 Å². The Hall–Kier alpha value is -0.680. The molecule has 3 aliphatic carbocycles. The third kappa shape index (κ3) is 2.50. The highest BCUT2D eigenvalue weighted by atomic mass is 16.3. The Bertz CT molecular complexity index is 566. The zero-order valence-corrected chi connectivity index (χ0v) is 15.1. The van der Waals surface area contributed by atoms with Crippen molar-refractivity contribution in [2.45, 2.75) is 65.1 Å². The Labute approximate surface area is 144 Å². The van der Waals surface area contributed by atoms with Crippen LogP contribution in [-0.4, -0.2) is 45.8 Å². The smallest absolute Gasteiger partial charge is 0.102 e. The van der Waals surface area contributed by atoms with Gasteiger partial charge >= 0.3 is 0 Å². The maximum Gasteiger partial charge on any atom is 0.102 e. The van der Waals surface area contributed by atoms with Crippen molar-refractivity contribution in [2.75, 3.05) is 13.2 Å². The second kappa shape index (κ2) is 6.24. The molecule has 3 aliphatic rings. The molecule has 4 nitrogen and oxygen atoms in total. The van der Waals surface area contributed by atoms with Crippen molar-refractivity contribution >= 4 is 0 Å². The first-order chi connectivity index (χ1) is 11.3. The molecule has 3 rings (SSSR count). The van der Waals surface area contributed by atoms with Crippen molar-refractivity contribution in [1.29, 1.82) is 0 Å². The minimum Gasteiger partial charge on any atom is -0.396 e. The molecule has 24 heavy (non-hydrogen) atoms. The van der Waals surface area contributed by atoms with Crippen LogP contribution in [0, 0.1) is 22.7 Å². The molecule has 0 aliphatic heterocycles. The molecule has 136 valence electrons. The Morgan fingerprint density at radius 2 is 1.88 bits per heavy atom. The highest BCUT2D eigenvalue weighted by Gasteiger charge is 2.56. The SMILES string of the molecule is CC(CO)[C@H]1[C@@H](O)[C@@H](O)C2=CC3=C(CO)CCC[C@@]3(C)CC[C@@]21C. The number of aliphatic hydroxyl groups excluding tert-OH is 4. The molecule has 4 N–H and O–H groups in total. The summed E-state index contributed by atoms with van der Waals surface area (Å²) in [5.41, 5.74) is 2.88. The van der Waals surface area contributed by atoms with Gasteiger partial charge in [-0.2, -0.15) is 0 Å². The maximum atomic E-state index is 10.7. The van der Waals surface area contributed by atoms with Gasteiger partial charge in [-0.15, -0.1) is 0 Å². The summed E-state index contributed by atoms with van der Waals surface area (Å²) >= 11 is 0. The Kier molecular flexibility index (Phi) is 4.71. The van der Waals surface area contributed by atoms with Gasteiger partial charge in [-0.3, -0.25) is 0 Å². The number of rotatable bonds is 3. The van der Waals surface area contributed by atoms with E-state index in [9.17, 15) is 20.4 Å². The van der Waals surface area contributed by atoms with E-state index in [0.717, 1.165) is 43.3 Å². The molecule has 0 radical (unpaired) electrons. The van der Waals surface area contributed by atoms with Gasteiger partial charge in [-0.1, -0.05) is 26.8 Å². The molecule has 0 heterocycles. The minimum absolute atomic E-state index is 0.0131. The first-order valence-electron chi connectivity index (χ1n) is 9.31. The summed E-state index contributed by atoms with van der Waals surface area (Å²) in [6.45, 7) is 6.44. The van der Waals surface area contributed by atoms with Crippen LogP contribution in [0.1, 0.15) is 52.9 Å². The second-order valence-electron chi connectivity index (χ2n) is 8.73. The maximum absolute atomic E-state index is 10.7. The van der Waals surface area contributed by atoms with E-state index in [1.54, 1.807) is 0 Å². The average Bonchev–Trinajstić information content (AvgIpc) is 2.67. The van der Waals surface area contributed by atoms with E-state index in [1.165, 1.54) is 5.57 Å². The first kappa shape index (κ1) is 18.1. The molecule has 1 saturated carbocycles. The predicted octanol–water partition coefficient (Wildman–Crippen LogP) is 2.17. The highest BCUT2D eigenvalue weighted by Crippen LogP contribution is 2.59. The lowest BCUT2D eigenvalue weighted by Gasteiger charge is -2.39. The Balaban J connectivity index is 2.14. The molecule has 4 heteroatoms. The fourth-order valence-electron chi connectivity index (χ4n) is 5.71. The second-order valence-corrected chi connectivity index (χ2v) is 8.73. The molecule has 0 aromatic heterocycles. The fourth-order valence-corrected chi connectivity index (χ4v) is 5.71. The van der Waals surface area contributed by atoms with Gasteiger partial charge < -0.3 is 20.4 Å². The summed E-state index contributed by atoms with van der Waals surface area (Å²) in [5, 5.41) is 40.9. The number of fused-ring (bicyclic) bond motifs is 2. The van der Waals surface area contributed by atoms with Crippen LogP contribution in [-0.2, 0) is 0 Å². The molecule has 6 atom stereocenters. The first-order valence-corrected chi connectivity index (χ1v) is 9.31. The lowest BCUT2D eigenvalue weighted by atomic mass is 9.65. The summed E-state index contributed by atoms with van der Waals surface area (Å²) in [4.78, 5) is 0. The minimum atomic E-state index is -0.884. The molecule has 0 saturated heterocycles. The van der Waals surface area contributed by atoms with Gasteiger partial charge in [-0.05, 0) is 65.6 Å². The summed E-state index contributed by atoms with van der Waals surface area (Å²) < 4.78 is 0. The topological polar surface area (TPSA) is 80.9 Å². The van der Waals surface area contributed by atoms with Crippen LogP contribution >= 0.6 is 0 Å². The lowest BCUT2D eigenvalue weighted by molar-refractivity contribution is -0.0158. The third-order valence-corrected chi connectivity index (χ3v) is 7.23. The number of allylic oxidation sites excluding steroid dienone is 2. The van der Waals surface area contributed by atoms with Crippen molar-refractivity contribution in [2.24, 2.45) is 22.7 Å². The van der Waals surface area contributed by atoms with E-state index in [0.29, 0.717) is 0 Å². The largest absolute Gasteiger partial charge is 0.396 e. The van der Waals surface area contributed by atoms with Crippen molar-refractivity contribution in [1.82, 2.24) is 0 Å². The monoisotopic (exact) mass is 336 g/mol. The zero-order valence-electron chi connectivity index (χ0n) is 15.1. The van der Waals surface area contributed by atoms with Crippen LogP contribution in [0.25, 0.3) is 0 Å². The van der Waals surface area contributed by atoms with Gasteiger partial charge in [0.05, 0.1) is 12.7 Å². The van der Waals surface area contributed by atoms with Crippen LogP contribution in [0.2, 0.25) is 0 Å². The van der Waals surface area contributed by atoms with Crippen molar-refractivity contribution in [3.05, 3.63) is 22.8 Å². The third-order valence-electron chi connectivity index (χ3n) is 7.23. The van der Waals surface area contributed by atoms with Gasteiger partial charge in [-0.25, -0.2) is 0 Å². The van der Waals surface area contributed by atoms with E-state index in [4.69, 9.17) is 0 Å². The summed E-state index contributed by atoms with van der Waals surface area (Å²) in [5.74, 6) is -0.213. The molecule has 0 aromatic carbocycles. The average molecular weight is 336 g/mol. The van der Waals surface area contributed by atoms with Crippen LogP contribution in [0.4, 0.5) is 0 Å². The van der Waals surface area contributed by atoms with Gasteiger partial charge in [0.2, 0.25) is 0 Å². The van der Waals surface area contributed by atoms with Gasteiger partial charge in [0, 0.05) is 12.5 Å². The highest BCUT2D eigenvalue weighted by molar-refractivity contribution is 5.44.